The van der Waals surface area contributed by atoms with E-state index in [2.05, 4.69) is 38.7 Å². The summed E-state index contributed by atoms with van der Waals surface area (Å²) in [6.45, 7) is 9.68. The first-order valence-electron chi connectivity index (χ1n) is 4.76. The Morgan fingerprint density at radius 3 is 2.25 bits per heavy atom. The predicted molar refractivity (Wildman–Crippen MR) is 51.8 cm³/mol. The van der Waals surface area contributed by atoms with Gasteiger partial charge in [-0.15, -0.1) is 0 Å². The van der Waals surface area contributed by atoms with Gasteiger partial charge in [-0.25, -0.2) is 0 Å². The molecule has 0 heterocycles. The highest BCUT2D eigenvalue weighted by Crippen LogP contribution is 2.08. The van der Waals surface area contributed by atoms with Crippen LogP contribution in [-0.2, 0) is 0 Å². The third-order valence-corrected chi connectivity index (χ3v) is 2.30. The Kier molecular flexibility index (Phi) is 5.74. The van der Waals surface area contributed by atoms with Crippen LogP contribution in [0.1, 0.15) is 40.5 Å². The molecule has 0 saturated heterocycles. The molecule has 2 heteroatoms. The van der Waals surface area contributed by atoms with E-state index in [0.29, 0.717) is 18.5 Å². The predicted octanol–water partition coefficient (Wildman–Crippen LogP) is 2.41. The van der Waals surface area contributed by atoms with E-state index < -0.39 is 0 Å². The summed E-state index contributed by atoms with van der Waals surface area (Å²) in [4.78, 5) is 2.38. The molecule has 1 atom stereocenters. The Morgan fingerprint density at radius 1 is 1.33 bits per heavy atom. The van der Waals surface area contributed by atoms with E-state index in [-0.39, 0.29) is 0 Å². The van der Waals surface area contributed by atoms with Gasteiger partial charge >= 0.3 is 0 Å². The van der Waals surface area contributed by atoms with Gasteiger partial charge in [-0.3, -0.25) is 4.90 Å². The van der Waals surface area contributed by atoms with Crippen LogP contribution in [-0.4, -0.2) is 23.5 Å². The van der Waals surface area contributed by atoms with Crippen LogP contribution >= 0.6 is 0 Å². The first kappa shape index (κ1) is 11.4. The molecule has 1 unspecified atom stereocenters. The minimum atomic E-state index is 0.549. The molecule has 0 aromatic rings. The lowest BCUT2D eigenvalue weighted by atomic mass is 10.1. The van der Waals surface area contributed by atoms with Gasteiger partial charge in [0.2, 0.25) is 0 Å². The van der Waals surface area contributed by atoms with Crippen molar-refractivity contribution in [3.8, 4) is 6.07 Å². The molecular weight excluding hydrogens is 148 g/mol. The van der Waals surface area contributed by atoms with Crippen LogP contribution in [0.15, 0.2) is 0 Å². The molecule has 0 aromatic heterocycles. The Hall–Kier alpha value is -0.550. The Labute approximate surface area is 76.2 Å². The molecule has 0 rings (SSSR count). The average molecular weight is 168 g/mol. The number of hydrogen-bond acceptors (Lipinski definition) is 2. The highest BCUT2D eigenvalue weighted by Gasteiger charge is 2.14. The fraction of sp³-hybridized carbons (Fsp3) is 0.900. The van der Waals surface area contributed by atoms with Gasteiger partial charge in [-0.05, 0) is 27.2 Å². The second kappa shape index (κ2) is 6.02. The average Bonchev–Trinajstić information content (AvgIpc) is 2.04. The van der Waals surface area contributed by atoms with E-state index >= 15 is 0 Å². The third kappa shape index (κ3) is 3.73. The Bertz CT molecular complexity index is 146. The summed E-state index contributed by atoms with van der Waals surface area (Å²) >= 11 is 0. The van der Waals surface area contributed by atoms with E-state index in [1.54, 1.807) is 0 Å². The van der Waals surface area contributed by atoms with Crippen LogP contribution in [0.25, 0.3) is 0 Å². The first-order chi connectivity index (χ1) is 5.63. The van der Waals surface area contributed by atoms with Crippen molar-refractivity contribution >= 4 is 0 Å². The zero-order chi connectivity index (χ0) is 9.56. The Balaban J connectivity index is 3.96. The topological polar surface area (TPSA) is 27.0 Å². The number of rotatable bonds is 5. The highest BCUT2D eigenvalue weighted by atomic mass is 15.2. The molecule has 0 bridgehead atoms. The van der Waals surface area contributed by atoms with Crippen molar-refractivity contribution in [3.05, 3.63) is 0 Å². The molecule has 0 N–H and O–H groups in total. The molecule has 0 aliphatic carbocycles. The summed E-state index contributed by atoms with van der Waals surface area (Å²) in [5.74, 6) is 0. The molecule has 0 saturated carbocycles. The number of hydrogen-bond donors (Lipinski definition) is 0. The zero-order valence-corrected chi connectivity index (χ0v) is 8.67. The number of nitriles is 1. The molecule has 0 spiro atoms. The van der Waals surface area contributed by atoms with Gasteiger partial charge in [-0.1, -0.05) is 6.92 Å². The fourth-order valence-corrected chi connectivity index (χ4v) is 1.40. The number of nitrogens with zero attached hydrogens (tertiary/aromatic N) is 2. The van der Waals surface area contributed by atoms with Crippen LogP contribution < -0.4 is 0 Å². The van der Waals surface area contributed by atoms with Crippen molar-refractivity contribution in [3.63, 3.8) is 0 Å². The molecule has 0 aliphatic rings. The summed E-state index contributed by atoms with van der Waals surface area (Å²) in [5, 5.41) is 8.47. The molecule has 0 amide bonds. The monoisotopic (exact) mass is 168 g/mol. The van der Waals surface area contributed by atoms with Crippen molar-refractivity contribution in [2.75, 3.05) is 6.54 Å². The van der Waals surface area contributed by atoms with Crippen LogP contribution in [0.5, 0.6) is 0 Å². The lowest BCUT2D eigenvalue weighted by molar-refractivity contribution is 0.164. The van der Waals surface area contributed by atoms with Gasteiger partial charge in [0, 0.05) is 25.0 Å². The third-order valence-electron chi connectivity index (χ3n) is 2.30. The lowest BCUT2D eigenvalue weighted by Gasteiger charge is -2.31. The molecule has 70 valence electrons. The van der Waals surface area contributed by atoms with E-state index in [1.165, 1.54) is 0 Å². The van der Waals surface area contributed by atoms with E-state index in [0.717, 1.165) is 13.0 Å². The fourth-order valence-electron chi connectivity index (χ4n) is 1.40. The van der Waals surface area contributed by atoms with Gasteiger partial charge in [0.25, 0.3) is 0 Å². The van der Waals surface area contributed by atoms with Crippen LogP contribution in [0.3, 0.4) is 0 Å². The van der Waals surface area contributed by atoms with Crippen LogP contribution in [0, 0.1) is 11.3 Å². The van der Waals surface area contributed by atoms with Gasteiger partial charge in [0.15, 0.2) is 0 Å². The molecular formula is C10H20N2. The zero-order valence-electron chi connectivity index (χ0n) is 8.67. The van der Waals surface area contributed by atoms with E-state index in [1.807, 2.05) is 0 Å². The molecule has 0 radical (unpaired) electrons. The van der Waals surface area contributed by atoms with Gasteiger partial charge in [0.05, 0.1) is 6.07 Å². The van der Waals surface area contributed by atoms with Crippen molar-refractivity contribution in [2.24, 2.45) is 0 Å². The van der Waals surface area contributed by atoms with Crippen LogP contribution in [0.2, 0.25) is 0 Å². The van der Waals surface area contributed by atoms with Crippen molar-refractivity contribution < 1.29 is 0 Å². The minimum Gasteiger partial charge on any atom is -0.297 e. The maximum absolute atomic E-state index is 8.47. The normalized spacial score (nSPS) is 13.4. The molecule has 0 aromatic carbocycles. The molecule has 2 nitrogen and oxygen atoms in total. The minimum absolute atomic E-state index is 0.549. The SMILES string of the molecule is CCC(C)N(CCC#N)C(C)C. The summed E-state index contributed by atoms with van der Waals surface area (Å²) in [6, 6.07) is 3.34. The largest absolute Gasteiger partial charge is 0.297 e. The molecule has 0 aliphatic heterocycles. The summed E-state index contributed by atoms with van der Waals surface area (Å²) < 4.78 is 0. The van der Waals surface area contributed by atoms with Gasteiger partial charge in [0.1, 0.15) is 0 Å². The first-order valence-corrected chi connectivity index (χ1v) is 4.76. The van der Waals surface area contributed by atoms with Crippen LogP contribution in [0.4, 0.5) is 0 Å². The van der Waals surface area contributed by atoms with Gasteiger partial charge in [-0.2, -0.15) is 5.26 Å². The van der Waals surface area contributed by atoms with Crippen molar-refractivity contribution in [1.29, 1.82) is 5.26 Å². The maximum Gasteiger partial charge on any atom is 0.0635 e. The lowest BCUT2D eigenvalue weighted by Crippen LogP contribution is -2.38. The summed E-state index contributed by atoms with van der Waals surface area (Å²) in [6.07, 6.45) is 1.80. The summed E-state index contributed by atoms with van der Waals surface area (Å²) in [5.41, 5.74) is 0. The molecule has 0 fully saturated rings. The second-order valence-electron chi connectivity index (χ2n) is 3.50. The standard InChI is InChI=1S/C10H20N2/c1-5-10(4)12(9(2)3)8-6-7-11/h9-10H,5-6,8H2,1-4H3. The smallest absolute Gasteiger partial charge is 0.0635 e. The van der Waals surface area contributed by atoms with E-state index in [9.17, 15) is 0 Å². The highest BCUT2D eigenvalue weighted by molar-refractivity contribution is 4.76. The maximum atomic E-state index is 8.47. The molecule has 12 heavy (non-hydrogen) atoms. The van der Waals surface area contributed by atoms with E-state index in [4.69, 9.17) is 5.26 Å². The van der Waals surface area contributed by atoms with Crippen molar-refractivity contribution in [1.82, 2.24) is 4.90 Å². The second-order valence-corrected chi connectivity index (χ2v) is 3.50. The van der Waals surface area contributed by atoms with Crippen molar-refractivity contribution in [2.45, 2.75) is 52.6 Å². The summed E-state index contributed by atoms with van der Waals surface area (Å²) in [7, 11) is 0. The Morgan fingerprint density at radius 2 is 1.92 bits per heavy atom. The quantitative estimate of drug-likeness (QED) is 0.630. The van der Waals surface area contributed by atoms with Gasteiger partial charge < -0.3 is 0 Å².